The summed E-state index contributed by atoms with van der Waals surface area (Å²) in [6, 6.07) is 6.43. The highest BCUT2D eigenvalue weighted by atomic mass is 31.2. The van der Waals surface area contributed by atoms with Crippen LogP contribution in [0.1, 0.15) is 61.0 Å². The summed E-state index contributed by atoms with van der Waals surface area (Å²) in [7, 11) is -3.27. The van der Waals surface area contributed by atoms with Gasteiger partial charge in [-0.15, -0.1) is 0 Å². The predicted molar refractivity (Wildman–Crippen MR) is 116 cm³/mol. The molecule has 8 nitrogen and oxygen atoms in total. The van der Waals surface area contributed by atoms with Gasteiger partial charge in [-0.25, -0.2) is 9.59 Å². The Morgan fingerprint density at radius 3 is 1.57 bits per heavy atom. The zero-order valence-corrected chi connectivity index (χ0v) is 20.1. The summed E-state index contributed by atoms with van der Waals surface area (Å²) in [4.78, 5) is 26.2. The van der Waals surface area contributed by atoms with Gasteiger partial charge in [0.25, 0.3) is 0 Å². The van der Waals surface area contributed by atoms with Crippen molar-refractivity contribution in [3.05, 3.63) is 29.8 Å². The van der Waals surface area contributed by atoms with Crippen LogP contribution in [0.4, 0.5) is 15.3 Å². The van der Waals surface area contributed by atoms with Crippen molar-refractivity contribution in [3.63, 3.8) is 0 Å². The number of rotatable bonds is 7. The SMILES string of the molecule is CCOP(=O)(Cc1ccc(N(C(=O)OC(C)(C)C)C(=O)OC(C)(C)C)cc1)OCC. The average molecular weight is 443 g/mol. The van der Waals surface area contributed by atoms with Crippen molar-refractivity contribution in [2.24, 2.45) is 0 Å². The van der Waals surface area contributed by atoms with Gasteiger partial charge < -0.3 is 18.5 Å². The van der Waals surface area contributed by atoms with Gasteiger partial charge in [-0.3, -0.25) is 4.57 Å². The number of benzene rings is 1. The van der Waals surface area contributed by atoms with Crippen molar-refractivity contribution in [2.45, 2.75) is 72.8 Å². The van der Waals surface area contributed by atoms with E-state index in [1.54, 1.807) is 79.7 Å². The Morgan fingerprint density at radius 2 is 1.23 bits per heavy atom. The monoisotopic (exact) mass is 443 g/mol. The Hall–Kier alpha value is -1.89. The number of imide groups is 1. The molecule has 0 bridgehead atoms. The van der Waals surface area contributed by atoms with Crippen molar-refractivity contribution in [1.29, 1.82) is 0 Å². The lowest BCUT2D eigenvalue weighted by molar-refractivity contribution is 0.0430. The second-order valence-electron chi connectivity index (χ2n) is 8.57. The first-order valence-electron chi connectivity index (χ1n) is 9.93. The normalized spacial score (nSPS) is 12.4. The number of ether oxygens (including phenoxy) is 2. The number of anilines is 1. The first kappa shape index (κ1) is 26.1. The topological polar surface area (TPSA) is 91.4 Å². The van der Waals surface area contributed by atoms with E-state index in [2.05, 4.69) is 0 Å². The van der Waals surface area contributed by atoms with Crippen LogP contribution in [0.5, 0.6) is 0 Å². The Bertz CT molecular complexity index is 725. The molecule has 0 unspecified atom stereocenters. The molecule has 0 spiro atoms. The summed E-state index contributed by atoms with van der Waals surface area (Å²) in [6.45, 7) is 14.3. The average Bonchev–Trinajstić information content (AvgIpc) is 2.53. The minimum atomic E-state index is -3.27. The number of carbonyl (C=O) groups is 2. The van der Waals surface area contributed by atoms with Crippen molar-refractivity contribution in [2.75, 3.05) is 18.1 Å². The third kappa shape index (κ3) is 8.86. The van der Waals surface area contributed by atoms with Crippen LogP contribution in [-0.2, 0) is 29.2 Å². The second-order valence-corrected chi connectivity index (χ2v) is 10.6. The van der Waals surface area contributed by atoms with Gasteiger partial charge in [0, 0.05) is 0 Å². The Balaban J connectivity index is 3.17. The van der Waals surface area contributed by atoms with Crippen LogP contribution in [-0.4, -0.2) is 36.6 Å². The lowest BCUT2D eigenvalue weighted by Crippen LogP contribution is -2.43. The maximum Gasteiger partial charge on any atom is 0.424 e. The lowest BCUT2D eigenvalue weighted by atomic mass is 10.2. The van der Waals surface area contributed by atoms with Gasteiger partial charge in [0.2, 0.25) is 0 Å². The van der Waals surface area contributed by atoms with E-state index in [0.29, 0.717) is 5.56 Å². The quantitative estimate of drug-likeness (QED) is 0.468. The van der Waals surface area contributed by atoms with Crippen molar-refractivity contribution >= 4 is 25.5 Å². The Kier molecular flexibility index (Phi) is 9.08. The molecule has 170 valence electrons. The smallest absolute Gasteiger partial charge is 0.424 e. The van der Waals surface area contributed by atoms with Crippen LogP contribution in [0.15, 0.2) is 24.3 Å². The molecule has 1 aromatic carbocycles. The van der Waals surface area contributed by atoms with E-state index in [1.165, 1.54) is 0 Å². The van der Waals surface area contributed by atoms with E-state index in [0.717, 1.165) is 4.90 Å². The van der Waals surface area contributed by atoms with E-state index in [-0.39, 0.29) is 25.1 Å². The van der Waals surface area contributed by atoms with Gasteiger partial charge in [-0.1, -0.05) is 12.1 Å². The molecule has 0 aliphatic carbocycles. The number of amides is 2. The molecule has 0 N–H and O–H groups in total. The standard InChI is InChI=1S/C21H34NO7P/c1-9-26-30(25,27-10-2)15-16-11-13-17(14-12-16)22(18(23)28-20(3,4)5)19(24)29-21(6,7)8/h11-14H,9-10,15H2,1-8H3. The third-order valence-corrected chi connectivity index (χ3v) is 5.43. The van der Waals surface area contributed by atoms with E-state index >= 15 is 0 Å². The van der Waals surface area contributed by atoms with E-state index in [9.17, 15) is 14.2 Å². The second kappa shape index (κ2) is 10.4. The summed E-state index contributed by atoms with van der Waals surface area (Å²) >= 11 is 0. The molecule has 30 heavy (non-hydrogen) atoms. The largest absolute Gasteiger partial charge is 0.443 e. The van der Waals surface area contributed by atoms with Gasteiger partial charge >= 0.3 is 19.8 Å². The van der Waals surface area contributed by atoms with Crippen LogP contribution < -0.4 is 4.90 Å². The molecule has 0 aromatic heterocycles. The van der Waals surface area contributed by atoms with Crippen LogP contribution in [0.2, 0.25) is 0 Å². The highest BCUT2D eigenvalue weighted by Gasteiger charge is 2.33. The predicted octanol–water partition coefficient (Wildman–Crippen LogP) is 6.13. The maximum atomic E-state index is 12.7. The highest BCUT2D eigenvalue weighted by Crippen LogP contribution is 2.51. The first-order chi connectivity index (χ1) is 13.7. The van der Waals surface area contributed by atoms with Crippen LogP contribution in [0, 0.1) is 0 Å². The molecule has 0 saturated heterocycles. The van der Waals surface area contributed by atoms with Crippen LogP contribution in [0.3, 0.4) is 0 Å². The molecule has 0 fully saturated rings. The summed E-state index contributed by atoms with van der Waals surface area (Å²) in [5.74, 6) is 0. The molecule has 0 atom stereocenters. The highest BCUT2D eigenvalue weighted by molar-refractivity contribution is 7.53. The molecule has 1 aromatic rings. The summed E-state index contributed by atoms with van der Waals surface area (Å²) in [5.41, 5.74) is -0.639. The minimum absolute atomic E-state index is 0.0772. The molecular formula is C21H34NO7P. The number of hydrogen-bond donors (Lipinski definition) is 0. The zero-order valence-electron chi connectivity index (χ0n) is 19.2. The zero-order chi connectivity index (χ0) is 23.2. The van der Waals surface area contributed by atoms with Crippen molar-refractivity contribution in [3.8, 4) is 0 Å². The molecule has 1 rings (SSSR count). The van der Waals surface area contributed by atoms with Gasteiger partial charge in [0.15, 0.2) is 0 Å². The fourth-order valence-electron chi connectivity index (χ4n) is 2.40. The van der Waals surface area contributed by atoms with Crippen molar-refractivity contribution in [1.82, 2.24) is 0 Å². The van der Waals surface area contributed by atoms with Gasteiger partial charge in [-0.2, -0.15) is 4.90 Å². The molecule has 0 heterocycles. The lowest BCUT2D eigenvalue weighted by Gasteiger charge is -2.28. The number of carbonyl (C=O) groups excluding carboxylic acids is 2. The Morgan fingerprint density at radius 1 is 0.833 bits per heavy atom. The fraction of sp³-hybridized carbons (Fsp3) is 0.619. The van der Waals surface area contributed by atoms with E-state index in [4.69, 9.17) is 18.5 Å². The molecule has 0 saturated carbocycles. The van der Waals surface area contributed by atoms with E-state index in [1.807, 2.05) is 0 Å². The molecular weight excluding hydrogens is 409 g/mol. The Labute approximate surface area is 179 Å². The van der Waals surface area contributed by atoms with Crippen LogP contribution >= 0.6 is 7.60 Å². The molecule has 2 amide bonds. The summed E-state index contributed by atoms with van der Waals surface area (Å²) in [5, 5.41) is 0. The van der Waals surface area contributed by atoms with Crippen LogP contribution in [0.25, 0.3) is 0 Å². The molecule has 0 radical (unpaired) electrons. The van der Waals surface area contributed by atoms with Gasteiger partial charge in [-0.05, 0) is 73.1 Å². The maximum absolute atomic E-state index is 12.7. The molecule has 9 heteroatoms. The first-order valence-corrected chi connectivity index (χ1v) is 11.7. The fourth-order valence-corrected chi connectivity index (χ4v) is 4.10. The van der Waals surface area contributed by atoms with E-state index < -0.39 is 31.0 Å². The van der Waals surface area contributed by atoms with Gasteiger partial charge in [0.1, 0.15) is 11.2 Å². The summed E-state index contributed by atoms with van der Waals surface area (Å²) in [6.07, 6.45) is -1.62. The molecule has 0 aliphatic rings. The molecule has 0 aliphatic heterocycles. The minimum Gasteiger partial charge on any atom is -0.443 e. The number of hydrogen-bond acceptors (Lipinski definition) is 7. The number of nitrogens with zero attached hydrogens (tertiary/aromatic N) is 1. The van der Waals surface area contributed by atoms with Crippen molar-refractivity contribution < 1.29 is 32.7 Å². The summed E-state index contributed by atoms with van der Waals surface area (Å²) < 4.78 is 34.1. The third-order valence-electron chi connectivity index (χ3n) is 3.37. The van der Waals surface area contributed by atoms with Gasteiger partial charge in [0.05, 0.1) is 25.1 Å².